The monoisotopic (exact) mass is 704 g/mol. The van der Waals surface area contributed by atoms with Crippen LogP contribution in [0.5, 0.6) is 0 Å². The lowest BCUT2D eigenvalue weighted by Crippen LogP contribution is -2.00. The minimum absolute atomic E-state index is 0.543. The summed E-state index contributed by atoms with van der Waals surface area (Å²) in [6, 6.07) is 58.6. The van der Waals surface area contributed by atoms with Crippen LogP contribution in [0.3, 0.4) is 0 Å². The largest absolute Gasteiger partial charge is 0.456 e. The Kier molecular flexibility index (Phi) is 6.24. The van der Waals surface area contributed by atoms with E-state index in [0.717, 1.165) is 88.1 Å². The maximum Gasteiger partial charge on any atom is 0.167 e. The minimum atomic E-state index is 0.543. The summed E-state index contributed by atoms with van der Waals surface area (Å²) in [4.78, 5) is 15.5. The molecule has 0 N–H and O–H groups in total. The third-order valence-electron chi connectivity index (χ3n) is 10.8. The van der Waals surface area contributed by atoms with E-state index < -0.39 is 0 Å². The first-order valence-corrected chi connectivity index (χ1v) is 18.4. The van der Waals surface area contributed by atoms with Gasteiger partial charge < -0.3 is 13.4 Å². The fraction of sp³-hybridized carbons (Fsp3) is 0. The first kappa shape index (κ1) is 29.9. The molecule has 0 spiro atoms. The summed E-state index contributed by atoms with van der Waals surface area (Å²) in [5, 5.41) is 8.78. The van der Waals surface area contributed by atoms with Crippen LogP contribution in [0.15, 0.2) is 179 Å². The molecule has 4 aromatic heterocycles. The van der Waals surface area contributed by atoms with Gasteiger partial charge in [0.2, 0.25) is 0 Å². The van der Waals surface area contributed by atoms with E-state index in [9.17, 15) is 0 Å². The molecule has 0 atom stereocenters. The summed E-state index contributed by atoms with van der Waals surface area (Å²) >= 11 is 0. The number of aromatic nitrogens is 4. The molecule has 0 aliphatic rings. The lowest BCUT2D eigenvalue weighted by Gasteiger charge is -2.10. The number of hydrogen-bond donors (Lipinski definition) is 0. The van der Waals surface area contributed by atoms with Crippen molar-refractivity contribution in [3.8, 4) is 39.9 Å². The van der Waals surface area contributed by atoms with Gasteiger partial charge in [0.05, 0.1) is 27.7 Å². The van der Waals surface area contributed by atoms with E-state index in [2.05, 4.69) is 126 Å². The zero-order valence-electron chi connectivity index (χ0n) is 29.3. The Morgan fingerprint density at radius 1 is 0.382 bits per heavy atom. The second-order valence-corrected chi connectivity index (χ2v) is 14.0. The fourth-order valence-electron chi connectivity index (χ4n) is 8.32. The van der Waals surface area contributed by atoms with Gasteiger partial charge in [0, 0.05) is 38.1 Å². The standard InChI is InChI=1S/C49H28N4O2/c1-2-12-30-27-31(24-23-29(30)11-1)47-50-48(52-49(51-47)37-17-9-16-36-35-15-5-8-21-42(35)55-46(36)37)32-25-26-43-38(28-32)45-41(20-10-22-44(45)54-43)53-39-18-6-3-13-33(39)34-14-4-7-19-40(34)53/h1-28H. The molecule has 6 nitrogen and oxygen atoms in total. The average Bonchev–Trinajstić information content (AvgIpc) is 3.93. The number of fused-ring (bicyclic) bond motifs is 10. The van der Waals surface area contributed by atoms with E-state index >= 15 is 0 Å². The lowest BCUT2D eigenvalue weighted by atomic mass is 10.1. The highest BCUT2D eigenvalue weighted by atomic mass is 16.3. The maximum absolute atomic E-state index is 6.53. The van der Waals surface area contributed by atoms with Gasteiger partial charge in [-0.3, -0.25) is 0 Å². The van der Waals surface area contributed by atoms with Crippen LogP contribution in [0.1, 0.15) is 0 Å². The highest BCUT2D eigenvalue weighted by Gasteiger charge is 2.21. The molecule has 12 rings (SSSR count). The zero-order chi connectivity index (χ0) is 36.0. The van der Waals surface area contributed by atoms with Crippen molar-refractivity contribution in [3.05, 3.63) is 170 Å². The van der Waals surface area contributed by atoms with E-state index in [1.54, 1.807) is 0 Å². The Morgan fingerprint density at radius 3 is 1.80 bits per heavy atom. The van der Waals surface area contributed by atoms with Crippen molar-refractivity contribution in [1.29, 1.82) is 0 Å². The van der Waals surface area contributed by atoms with Crippen LogP contribution in [0.4, 0.5) is 0 Å². The number of benzene rings is 8. The number of hydrogen-bond acceptors (Lipinski definition) is 5. The Balaban J connectivity index is 1.11. The summed E-state index contributed by atoms with van der Waals surface area (Å²) < 4.78 is 15.4. The molecule has 0 aliphatic heterocycles. The van der Waals surface area contributed by atoms with Crippen molar-refractivity contribution < 1.29 is 8.83 Å². The molecular formula is C49H28N4O2. The Labute approximate surface area is 313 Å². The molecule has 0 saturated carbocycles. The van der Waals surface area contributed by atoms with Gasteiger partial charge >= 0.3 is 0 Å². The van der Waals surface area contributed by atoms with Gasteiger partial charge in [0.25, 0.3) is 0 Å². The van der Waals surface area contributed by atoms with Gasteiger partial charge in [-0.2, -0.15) is 0 Å². The molecule has 6 heteroatoms. The number of furan rings is 2. The van der Waals surface area contributed by atoms with E-state index in [4.69, 9.17) is 23.8 Å². The molecule has 0 radical (unpaired) electrons. The fourth-order valence-corrected chi connectivity index (χ4v) is 8.32. The van der Waals surface area contributed by atoms with E-state index in [0.29, 0.717) is 17.5 Å². The van der Waals surface area contributed by atoms with Crippen LogP contribution in [-0.2, 0) is 0 Å². The molecule has 256 valence electrons. The third kappa shape index (κ3) is 4.52. The minimum Gasteiger partial charge on any atom is -0.456 e. The molecule has 0 unspecified atom stereocenters. The molecule has 12 aromatic rings. The smallest absolute Gasteiger partial charge is 0.167 e. The second kappa shape index (κ2) is 11.5. The van der Waals surface area contributed by atoms with E-state index in [-0.39, 0.29) is 0 Å². The van der Waals surface area contributed by atoms with Crippen LogP contribution in [0.2, 0.25) is 0 Å². The van der Waals surface area contributed by atoms with E-state index in [1.165, 1.54) is 10.8 Å². The third-order valence-corrected chi connectivity index (χ3v) is 10.8. The summed E-state index contributed by atoms with van der Waals surface area (Å²) in [6.45, 7) is 0. The van der Waals surface area contributed by atoms with Crippen LogP contribution < -0.4 is 0 Å². The predicted octanol–water partition coefficient (Wildman–Crippen LogP) is 12.9. The van der Waals surface area contributed by atoms with Gasteiger partial charge in [-0.25, -0.2) is 15.0 Å². The summed E-state index contributed by atoms with van der Waals surface area (Å²) in [5.74, 6) is 1.69. The quantitative estimate of drug-likeness (QED) is 0.182. The van der Waals surface area contributed by atoms with Gasteiger partial charge in [-0.1, -0.05) is 109 Å². The van der Waals surface area contributed by atoms with Crippen molar-refractivity contribution in [2.24, 2.45) is 0 Å². The summed E-state index contributed by atoms with van der Waals surface area (Å²) in [6.07, 6.45) is 0. The predicted molar refractivity (Wildman–Crippen MR) is 223 cm³/mol. The highest BCUT2D eigenvalue weighted by Crippen LogP contribution is 2.41. The number of rotatable bonds is 4. The Morgan fingerprint density at radius 2 is 0.982 bits per heavy atom. The second-order valence-electron chi connectivity index (χ2n) is 14.0. The van der Waals surface area contributed by atoms with Gasteiger partial charge in [0.1, 0.15) is 22.3 Å². The van der Waals surface area contributed by atoms with Crippen molar-refractivity contribution in [1.82, 2.24) is 19.5 Å². The van der Waals surface area contributed by atoms with Crippen LogP contribution >= 0.6 is 0 Å². The average molecular weight is 705 g/mol. The first-order chi connectivity index (χ1) is 27.2. The maximum atomic E-state index is 6.53. The van der Waals surface area contributed by atoms with Crippen LogP contribution in [-0.4, -0.2) is 19.5 Å². The summed E-state index contributed by atoms with van der Waals surface area (Å²) in [5.41, 5.74) is 9.09. The van der Waals surface area contributed by atoms with Gasteiger partial charge in [-0.15, -0.1) is 0 Å². The number of nitrogens with zero attached hydrogens (tertiary/aromatic N) is 4. The molecule has 0 aliphatic carbocycles. The van der Waals surface area contributed by atoms with Crippen molar-refractivity contribution in [3.63, 3.8) is 0 Å². The topological polar surface area (TPSA) is 69.9 Å². The normalized spacial score (nSPS) is 12.0. The van der Waals surface area contributed by atoms with Crippen LogP contribution in [0, 0.1) is 0 Å². The SMILES string of the molecule is c1ccc2cc(-c3nc(-c4ccc5oc6cccc(-n7c8ccccc8c8ccccc87)c6c5c4)nc(-c4cccc5c4oc4ccccc45)n3)ccc2c1. The van der Waals surface area contributed by atoms with Crippen LogP contribution in [0.25, 0.3) is 116 Å². The first-order valence-electron chi connectivity index (χ1n) is 18.4. The Bertz CT molecular complexity index is 3460. The molecule has 0 amide bonds. The van der Waals surface area contributed by atoms with Gasteiger partial charge in [-0.05, 0) is 71.4 Å². The molecule has 0 bridgehead atoms. The van der Waals surface area contributed by atoms with Crippen molar-refractivity contribution in [2.75, 3.05) is 0 Å². The number of para-hydroxylation sites is 4. The molecule has 0 saturated heterocycles. The lowest BCUT2D eigenvalue weighted by molar-refractivity contribution is 0.668. The van der Waals surface area contributed by atoms with Gasteiger partial charge in [0.15, 0.2) is 17.5 Å². The highest BCUT2D eigenvalue weighted by molar-refractivity contribution is 6.15. The summed E-state index contributed by atoms with van der Waals surface area (Å²) in [7, 11) is 0. The van der Waals surface area contributed by atoms with Crippen molar-refractivity contribution in [2.45, 2.75) is 0 Å². The molecule has 8 aromatic carbocycles. The molecule has 4 heterocycles. The molecular weight excluding hydrogens is 677 g/mol. The molecule has 55 heavy (non-hydrogen) atoms. The molecule has 0 fully saturated rings. The Hall–Kier alpha value is -7.57. The van der Waals surface area contributed by atoms with E-state index in [1.807, 2.05) is 48.5 Å². The zero-order valence-corrected chi connectivity index (χ0v) is 29.3. The van der Waals surface area contributed by atoms with Crippen molar-refractivity contribution >= 4 is 76.5 Å².